The minimum Gasteiger partial charge on any atom is -0.422 e. The third kappa shape index (κ3) is 6.58. The second-order valence-corrected chi connectivity index (χ2v) is 7.99. The first-order chi connectivity index (χ1) is 18.2. The number of allylic oxidation sites excluding steroid dienone is 1. The van der Waals surface area contributed by atoms with Crippen LogP contribution in [0.1, 0.15) is 22.8 Å². The molecule has 0 saturated heterocycles. The van der Waals surface area contributed by atoms with Crippen LogP contribution in [0, 0.1) is 0 Å². The van der Waals surface area contributed by atoms with Crippen molar-refractivity contribution in [3.05, 3.63) is 126 Å². The summed E-state index contributed by atoms with van der Waals surface area (Å²) in [5, 5.41) is 3.00. The highest BCUT2D eigenvalue weighted by molar-refractivity contribution is 5.89. The number of carbonyl (C=O) groups excluding carboxylic acids is 2. The fourth-order valence-electron chi connectivity index (χ4n) is 3.73. The number of aliphatic imine (C=N–C) groups is 1. The average Bonchev–Trinajstić information content (AvgIpc) is 2.95. The fraction of sp³-hybridized carbons (Fsp3) is 0.0645. The van der Waals surface area contributed by atoms with Gasteiger partial charge in [-0.05, 0) is 67.1 Å². The molecule has 0 bridgehead atoms. The molecule has 6 heteroatoms. The van der Waals surface area contributed by atoms with Gasteiger partial charge in [-0.2, -0.15) is 4.99 Å². The van der Waals surface area contributed by atoms with Crippen LogP contribution in [0.25, 0.3) is 6.08 Å². The van der Waals surface area contributed by atoms with Gasteiger partial charge in [0.25, 0.3) is 6.02 Å². The van der Waals surface area contributed by atoms with E-state index in [1.54, 1.807) is 30.3 Å². The number of para-hydroxylation sites is 3. The molecule has 0 unspecified atom stereocenters. The Kier molecular flexibility index (Phi) is 8.59. The van der Waals surface area contributed by atoms with Crippen LogP contribution >= 0.6 is 0 Å². The molecule has 0 amide bonds. The Morgan fingerprint density at radius 2 is 1.35 bits per heavy atom. The van der Waals surface area contributed by atoms with Crippen LogP contribution in [0.4, 0.5) is 22.7 Å². The van der Waals surface area contributed by atoms with Gasteiger partial charge in [0.05, 0.1) is 5.69 Å². The summed E-state index contributed by atoms with van der Waals surface area (Å²) < 4.78 is 5.77. The largest absolute Gasteiger partial charge is 0.422 e. The van der Waals surface area contributed by atoms with Gasteiger partial charge in [0, 0.05) is 29.2 Å². The van der Waals surface area contributed by atoms with Gasteiger partial charge >= 0.3 is 0 Å². The molecule has 0 aliphatic rings. The van der Waals surface area contributed by atoms with E-state index in [1.165, 1.54) is 0 Å². The molecular formula is C31H27N3O3. The predicted octanol–water partition coefficient (Wildman–Crippen LogP) is 6.82. The van der Waals surface area contributed by atoms with E-state index in [2.05, 4.69) is 39.5 Å². The molecule has 6 nitrogen and oxygen atoms in total. The molecule has 0 spiro atoms. The molecule has 0 atom stereocenters. The summed E-state index contributed by atoms with van der Waals surface area (Å²) in [4.78, 5) is 29.7. The quantitative estimate of drug-likeness (QED) is 0.0918. The maximum Gasteiger partial charge on any atom is 0.295 e. The molecule has 37 heavy (non-hydrogen) atoms. The highest BCUT2D eigenvalue weighted by Gasteiger charge is 2.12. The van der Waals surface area contributed by atoms with Crippen molar-refractivity contribution in [2.24, 2.45) is 4.99 Å². The zero-order valence-corrected chi connectivity index (χ0v) is 20.5. The third-order valence-electron chi connectivity index (χ3n) is 5.43. The molecule has 0 aliphatic carbocycles. The van der Waals surface area contributed by atoms with E-state index in [9.17, 15) is 9.59 Å². The molecule has 0 aliphatic heterocycles. The van der Waals surface area contributed by atoms with Gasteiger partial charge in [-0.15, -0.1) is 0 Å². The van der Waals surface area contributed by atoms with Gasteiger partial charge in [-0.25, -0.2) is 0 Å². The highest BCUT2D eigenvalue weighted by atomic mass is 16.5. The predicted molar refractivity (Wildman–Crippen MR) is 149 cm³/mol. The van der Waals surface area contributed by atoms with Crippen LogP contribution < -0.4 is 10.2 Å². The third-order valence-corrected chi connectivity index (χ3v) is 5.43. The van der Waals surface area contributed by atoms with Crippen molar-refractivity contribution in [2.45, 2.75) is 6.92 Å². The zero-order chi connectivity index (χ0) is 25.9. The highest BCUT2D eigenvalue weighted by Crippen LogP contribution is 2.34. The summed E-state index contributed by atoms with van der Waals surface area (Å²) in [5.74, 6) is 0.0824. The lowest BCUT2D eigenvalue weighted by atomic mass is 10.1. The van der Waals surface area contributed by atoms with E-state index in [1.807, 2.05) is 67.6 Å². The number of carbonyl (C=O) groups is 2. The Morgan fingerprint density at radius 3 is 1.92 bits per heavy atom. The van der Waals surface area contributed by atoms with Crippen LogP contribution in [0.3, 0.4) is 0 Å². The van der Waals surface area contributed by atoms with Crippen LogP contribution in [-0.4, -0.2) is 25.1 Å². The van der Waals surface area contributed by atoms with Gasteiger partial charge in [-0.3, -0.25) is 9.59 Å². The summed E-state index contributed by atoms with van der Waals surface area (Å²) in [5.41, 5.74) is 4.71. The van der Waals surface area contributed by atoms with E-state index in [-0.39, 0.29) is 11.8 Å². The average molecular weight is 490 g/mol. The summed E-state index contributed by atoms with van der Waals surface area (Å²) in [6.07, 6.45) is 3.01. The minimum atomic E-state index is 0.0824. The molecule has 4 aromatic carbocycles. The van der Waals surface area contributed by atoms with Gasteiger partial charge in [0.15, 0.2) is 18.3 Å². The molecule has 4 aromatic rings. The number of nitrogens with zero attached hydrogens (tertiary/aromatic N) is 2. The molecule has 0 radical (unpaired) electrons. The first-order valence-electron chi connectivity index (χ1n) is 11.9. The second kappa shape index (κ2) is 12.7. The van der Waals surface area contributed by atoms with Crippen LogP contribution in [0.2, 0.25) is 0 Å². The monoisotopic (exact) mass is 489 g/mol. The maximum absolute atomic E-state index is 11.8. The Hall–Kier alpha value is -4.97. The standard InChI is InChI=1S/C31H27N3O3/c1-2-32-31(33-30-16-10-9-11-25(30)22-35)37-29(23-36)21-24-17-19-28(20-18-24)34(26-12-5-3-6-13-26)27-14-7-4-8-15-27/h3-23H,2H2,1H3,(H,32,33)/b29-21+. The molecule has 4 rings (SSSR count). The number of benzene rings is 4. The Morgan fingerprint density at radius 1 is 0.784 bits per heavy atom. The fourth-order valence-corrected chi connectivity index (χ4v) is 3.73. The number of hydrogen-bond acceptors (Lipinski definition) is 5. The zero-order valence-electron chi connectivity index (χ0n) is 20.5. The Balaban J connectivity index is 1.61. The molecule has 184 valence electrons. The SMILES string of the molecule is CCN/C(=N\c1ccccc1C=O)O/C(C=O)=C/c1ccc(N(c2ccccc2)c2ccccc2)cc1. The molecule has 0 heterocycles. The van der Waals surface area contributed by atoms with Crippen molar-refractivity contribution in [2.75, 3.05) is 11.4 Å². The number of hydrogen-bond donors (Lipinski definition) is 1. The number of anilines is 3. The van der Waals surface area contributed by atoms with E-state index < -0.39 is 0 Å². The van der Waals surface area contributed by atoms with Gasteiger partial charge < -0.3 is 15.0 Å². The summed E-state index contributed by atoms with van der Waals surface area (Å²) in [7, 11) is 0. The van der Waals surface area contributed by atoms with Crippen molar-refractivity contribution in [1.29, 1.82) is 0 Å². The minimum absolute atomic E-state index is 0.0824. The first kappa shape index (κ1) is 25.1. The van der Waals surface area contributed by atoms with Gasteiger partial charge in [0.2, 0.25) is 0 Å². The van der Waals surface area contributed by atoms with E-state index in [0.717, 1.165) is 28.9 Å². The number of rotatable bonds is 9. The van der Waals surface area contributed by atoms with E-state index in [0.29, 0.717) is 24.1 Å². The Labute approximate surface area is 216 Å². The molecule has 0 aromatic heterocycles. The van der Waals surface area contributed by atoms with Crippen LogP contribution in [0.15, 0.2) is 120 Å². The number of nitrogens with one attached hydrogen (secondary N) is 1. The van der Waals surface area contributed by atoms with Crippen LogP contribution in [0.5, 0.6) is 0 Å². The van der Waals surface area contributed by atoms with Gasteiger partial charge in [-0.1, -0.05) is 60.7 Å². The lowest BCUT2D eigenvalue weighted by Crippen LogP contribution is -2.25. The Bertz CT molecular complexity index is 1340. The molecular weight excluding hydrogens is 462 g/mol. The number of aldehydes is 2. The summed E-state index contributed by atoms with van der Waals surface area (Å²) in [6.45, 7) is 2.41. The van der Waals surface area contributed by atoms with Crippen molar-refractivity contribution in [1.82, 2.24) is 5.32 Å². The van der Waals surface area contributed by atoms with Crippen molar-refractivity contribution >= 4 is 47.4 Å². The topological polar surface area (TPSA) is 71.0 Å². The second-order valence-electron chi connectivity index (χ2n) is 7.99. The molecule has 0 fully saturated rings. The lowest BCUT2D eigenvalue weighted by Gasteiger charge is -2.25. The summed E-state index contributed by atoms with van der Waals surface area (Å²) >= 11 is 0. The summed E-state index contributed by atoms with van der Waals surface area (Å²) in [6, 6.07) is 35.1. The first-order valence-corrected chi connectivity index (χ1v) is 11.9. The van der Waals surface area contributed by atoms with E-state index >= 15 is 0 Å². The lowest BCUT2D eigenvalue weighted by molar-refractivity contribution is -0.106. The van der Waals surface area contributed by atoms with Crippen LogP contribution in [-0.2, 0) is 9.53 Å². The maximum atomic E-state index is 11.8. The molecule has 1 N–H and O–H groups in total. The van der Waals surface area contributed by atoms with Crippen molar-refractivity contribution in [3.8, 4) is 0 Å². The van der Waals surface area contributed by atoms with Crippen molar-refractivity contribution in [3.63, 3.8) is 0 Å². The smallest absolute Gasteiger partial charge is 0.295 e. The normalized spacial score (nSPS) is 11.5. The van der Waals surface area contributed by atoms with E-state index in [4.69, 9.17) is 4.74 Å². The van der Waals surface area contributed by atoms with Gasteiger partial charge in [0.1, 0.15) is 0 Å². The number of amidine groups is 1. The number of ether oxygens (including phenoxy) is 1. The molecule has 0 saturated carbocycles. The van der Waals surface area contributed by atoms with Crippen molar-refractivity contribution < 1.29 is 14.3 Å².